The largest absolute Gasteiger partial charge is 0.497 e. The van der Waals surface area contributed by atoms with Gasteiger partial charge in [-0.15, -0.1) is 0 Å². The standard InChI is InChI=1S/2C17H14N4.C15H16N4O2/c1-2-7-15-12(4-1)5-3-6-13(15)11-18-14-8-9-16-17(10-14)20-21-19-16;1-2-4-14-9-12(5-6-13(14)3-1)11-18-15-7-8-16-17(10-15)20-21-19-16;1-20-12-5-10(6-13(8-12)21-2)9-16-11-3-4-14-15(7-11)18-19-17-14/h2*1-10,18H,11H2,(H,19,20,21);3-8,16H,9H2,1-2H3,(H,17,18,19). The maximum atomic E-state index is 5.27. The summed E-state index contributed by atoms with van der Waals surface area (Å²) in [6.45, 7) is 2.23. The molecule has 14 nitrogen and oxygen atoms in total. The lowest BCUT2D eigenvalue weighted by Crippen LogP contribution is -2.00. The summed E-state index contributed by atoms with van der Waals surface area (Å²) in [7, 11) is 3.29. The van der Waals surface area contributed by atoms with E-state index in [9.17, 15) is 0 Å². The van der Waals surface area contributed by atoms with Crippen LogP contribution in [0.4, 0.5) is 17.1 Å². The Morgan fingerprint density at radius 3 is 1.43 bits per heavy atom. The van der Waals surface area contributed by atoms with Crippen molar-refractivity contribution in [1.82, 2.24) is 46.2 Å². The predicted octanol–water partition coefficient (Wildman–Crippen LogP) is 10.0. The molecule has 0 unspecified atom stereocenters. The first kappa shape index (κ1) is 39.9. The molecule has 0 aliphatic rings. The second kappa shape index (κ2) is 18.8. The lowest BCUT2D eigenvalue weighted by Gasteiger charge is -2.10. The molecule has 63 heavy (non-hydrogen) atoms. The number of nitrogens with one attached hydrogen (secondary N) is 6. The van der Waals surface area contributed by atoms with Crippen molar-refractivity contribution in [3.8, 4) is 11.5 Å². The van der Waals surface area contributed by atoms with Crippen LogP contribution in [0.3, 0.4) is 0 Å². The van der Waals surface area contributed by atoms with Crippen LogP contribution in [0, 0.1) is 0 Å². The maximum Gasteiger partial charge on any atom is 0.122 e. The third-order valence-corrected chi connectivity index (χ3v) is 10.5. The average Bonchev–Trinajstić information content (AvgIpc) is 4.14. The van der Waals surface area contributed by atoms with Gasteiger partial charge in [0.25, 0.3) is 0 Å². The van der Waals surface area contributed by atoms with Gasteiger partial charge in [0.15, 0.2) is 0 Å². The molecular weight excluding hydrogens is 789 g/mol. The number of anilines is 3. The Hall–Kier alpha value is -8.52. The average molecular weight is 833 g/mol. The molecule has 11 aromatic rings. The lowest BCUT2D eigenvalue weighted by molar-refractivity contribution is 0.393. The first-order chi connectivity index (χ1) is 31.1. The fourth-order valence-corrected chi connectivity index (χ4v) is 7.22. The monoisotopic (exact) mass is 832 g/mol. The molecule has 0 saturated heterocycles. The highest BCUT2D eigenvalue weighted by Gasteiger charge is 2.06. The highest BCUT2D eigenvalue weighted by atomic mass is 16.5. The zero-order valence-electron chi connectivity index (χ0n) is 34.6. The molecule has 0 atom stereocenters. The fraction of sp³-hybridized carbons (Fsp3) is 0.102. The summed E-state index contributed by atoms with van der Waals surface area (Å²) in [6.07, 6.45) is 0. The topological polar surface area (TPSA) is 179 Å². The minimum Gasteiger partial charge on any atom is -0.497 e. The van der Waals surface area contributed by atoms with Crippen molar-refractivity contribution in [2.75, 3.05) is 30.2 Å². The Morgan fingerprint density at radius 2 is 0.857 bits per heavy atom. The zero-order valence-corrected chi connectivity index (χ0v) is 34.6. The molecule has 3 aromatic heterocycles. The van der Waals surface area contributed by atoms with Crippen molar-refractivity contribution in [1.29, 1.82) is 0 Å². The molecule has 0 saturated carbocycles. The SMILES string of the molecule is COc1cc(CNc2ccc3n[nH]nc3c2)cc(OC)c1.c1ccc2c(CNc3ccc4n[nH]nc4c3)cccc2c1.c1ccc2cc(CNc3ccc4n[nH]nc4c3)ccc2c1. The van der Waals surface area contributed by atoms with Crippen LogP contribution >= 0.6 is 0 Å². The molecule has 0 spiro atoms. The summed E-state index contributed by atoms with van der Waals surface area (Å²) in [5.74, 6) is 1.55. The number of H-pyrrole nitrogens is 3. The quantitative estimate of drug-likeness (QED) is 0.0731. The Morgan fingerprint density at radius 1 is 0.381 bits per heavy atom. The second-order valence-electron chi connectivity index (χ2n) is 14.7. The minimum absolute atomic E-state index is 0.664. The van der Waals surface area contributed by atoms with Gasteiger partial charge in [-0.25, -0.2) is 0 Å². The fourth-order valence-electron chi connectivity index (χ4n) is 7.22. The van der Waals surface area contributed by atoms with Crippen molar-refractivity contribution in [2.24, 2.45) is 0 Å². The number of rotatable bonds is 11. The molecule has 0 aliphatic carbocycles. The van der Waals surface area contributed by atoms with Crippen molar-refractivity contribution in [2.45, 2.75) is 19.6 Å². The number of ether oxygens (including phenoxy) is 2. The zero-order chi connectivity index (χ0) is 42.8. The molecule has 0 aliphatic heterocycles. The van der Waals surface area contributed by atoms with Gasteiger partial charge in [-0.2, -0.15) is 46.2 Å². The summed E-state index contributed by atoms with van der Waals surface area (Å²) >= 11 is 0. The lowest BCUT2D eigenvalue weighted by atomic mass is 10.0. The third-order valence-electron chi connectivity index (χ3n) is 10.5. The number of nitrogens with zero attached hydrogens (tertiary/aromatic N) is 6. The molecule has 0 radical (unpaired) electrons. The van der Waals surface area contributed by atoms with E-state index >= 15 is 0 Å². The number of benzene rings is 8. The van der Waals surface area contributed by atoms with Crippen LogP contribution in [-0.2, 0) is 19.6 Å². The Balaban J connectivity index is 0.000000120. The smallest absolute Gasteiger partial charge is 0.122 e. The van der Waals surface area contributed by atoms with Crippen molar-refractivity contribution >= 4 is 71.7 Å². The van der Waals surface area contributed by atoms with E-state index in [0.717, 1.165) is 80.3 Å². The molecule has 0 amide bonds. The number of methoxy groups -OCH3 is 2. The Labute approximate surface area is 362 Å². The van der Waals surface area contributed by atoms with Crippen LogP contribution in [0.15, 0.2) is 158 Å². The molecule has 312 valence electrons. The van der Waals surface area contributed by atoms with Crippen molar-refractivity contribution in [3.63, 3.8) is 0 Å². The maximum absolute atomic E-state index is 5.27. The molecule has 14 heteroatoms. The van der Waals surface area contributed by atoms with Crippen LogP contribution in [0.5, 0.6) is 11.5 Å². The molecule has 11 rings (SSSR count). The van der Waals surface area contributed by atoms with E-state index in [-0.39, 0.29) is 0 Å². The van der Waals surface area contributed by atoms with E-state index in [1.807, 2.05) is 72.8 Å². The van der Waals surface area contributed by atoms with Crippen LogP contribution in [0.2, 0.25) is 0 Å². The molecule has 8 aromatic carbocycles. The summed E-state index contributed by atoms with van der Waals surface area (Å²) in [5.41, 5.74) is 11.9. The molecular formula is C49H44N12O2. The minimum atomic E-state index is 0.664. The van der Waals surface area contributed by atoms with Gasteiger partial charge in [0.2, 0.25) is 0 Å². The van der Waals surface area contributed by atoms with E-state index in [1.54, 1.807) is 14.2 Å². The third kappa shape index (κ3) is 9.76. The first-order valence-electron chi connectivity index (χ1n) is 20.4. The normalized spacial score (nSPS) is 10.9. The first-order valence-corrected chi connectivity index (χ1v) is 20.4. The van der Waals surface area contributed by atoms with Gasteiger partial charge < -0.3 is 25.4 Å². The summed E-state index contributed by atoms with van der Waals surface area (Å²) in [6, 6.07) is 53.4. The molecule has 0 bridgehead atoms. The highest BCUT2D eigenvalue weighted by Crippen LogP contribution is 2.25. The predicted molar refractivity (Wildman–Crippen MR) is 251 cm³/mol. The number of hydrogen-bond donors (Lipinski definition) is 6. The molecule has 3 heterocycles. The Kier molecular flexibility index (Phi) is 11.9. The van der Waals surface area contributed by atoms with Gasteiger partial charge in [0, 0.05) is 42.8 Å². The van der Waals surface area contributed by atoms with E-state index in [2.05, 4.69) is 147 Å². The second-order valence-corrected chi connectivity index (χ2v) is 14.7. The van der Waals surface area contributed by atoms with Gasteiger partial charge in [-0.05, 0) is 111 Å². The van der Waals surface area contributed by atoms with Gasteiger partial charge in [0.1, 0.15) is 44.6 Å². The molecule has 0 fully saturated rings. The van der Waals surface area contributed by atoms with E-state index in [0.29, 0.717) is 6.54 Å². The summed E-state index contributed by atoms with van der Waals surface area (Å²) in [5, 5.41) is 47.6. The Bertz CT molecular complexity index is 3230. The number of fused-ring (bicyclic) bond motifs is 5. The summed E-state index contributed by atoms with van der Waals surface area (Å²) < 4.78 is 10.5. The highest BCUT2D eigenvalue weighted by molar-refractivity contribution is 5.86. The van der Waals surface area contributed by atoms with Crippen LogP contribution in [-0.4, -0.2) is 60.5 Å². The van der Waals surface area contributed by atoms with Crippen molar-refractivity contribution < 1.29 is 9.47 Å². The van der Waals surface area contributed by atoms with Crippen LogP contribution in [0.25, 0.3) is 54.6 Å². The van der Waals surface area contributed by atoms with Crippen LogP contribution < -0.4 is 25.4 Å². The van der Waals surface area contributed by atoms with Crippen LogP contribution in [0.1, 0.15) is 16.7 Å². The van der Waals surface area contributed by atoms with E-state index in [4.69, 9.17) is 9.47 Å². The van der Waals surface area contributed by atoms with Crippen molar-refractivity contribution in [3.05, 3.63) is 174 Å². The van der Waals surface area contributed by atoms with E-state index in [1.165, 1.54) is 32.7 Å². The van der Waals surface area contributed by atoms with Gasteiger partial charge >= 0.3 is 0 Å². The summed E-state index contributed by atoms with van der Waals surface area (Å²) in [4.78, 5) is 0. The number of aromatic amines is 3. The van der Waals surface area contributed by atoms with Gasteiger partial charge in [0.05, 0.1) is 14.2 Å². The van der Waals surface area contributed by atoms with E-state index < -0.39 is 0 Å². The van der Waals surface area contributed by atoms with Gasteiger partial charge in [-0.3, -0.25) is 0 Å². The molecule has 6 N–H and O–H groups in total. The number of hydrogen-bond acceptors (Lipinski definition) is 11. The number of aromatic nitrogens is 9. The van der Waals surface area contributed by atoms with Gasteiger partial charge in [-0.1, -0.05) is 78.9 Å².